The molecular weight excluding hydrogens is 343 g/mol. The van der Waals surface area contributed by atoms with E-state index in [0.29, 0.717) is 5.56 Å². The Labute approximate surface area is 119 Å². The van der Waals surface area contributed by atoms with E-state index in [2.05, 4.69) is 21.2 Å². The Morgan fingerprint density at radius 2 is 2.00 bits per heavy atom. The van der Waals surface area contributed by atoms with E-state index in [9.17, 15) is 18.0 Å². The molecule has 1 aromatic carbocycles. The van der Waals surface area contributed by atoms with Gasteiger partial charge in [-0.2, -0.15) is 13.2 Å². The fourth-order valence-corrected chi connectivity index (χ4v) is 2.54. The number of nitrogens with one attached hydrogen (secondary N) is 1. The van der Waals surface area contributed by atoms with Crippen LogP contribution in [0.2, 0.25) is 0 Å². The molecule has 0 radical (unpaired) electrons. The fraction of sp³-hybridized carbons (Fsp3) is 0.0833. The molecule has 19 heavy (non-hydrogen) atoms. The predicted molar refractivity (Wildman–Crippen MR) is 71.4 cm³/mol. The Kier molecular flexibility index (Phi) is 3.96. The zero-order valence-corrected chi connectivity index (χ0v) is 11.7. The molecule has 1 amide bonds. The molecule has 2 rings (SSSR count). The van der Waals surface area contributed by atoms with Gasteiger partial charge in [0.1, 0.15) is 0 Å². The van der Waals surface area contributed by atoms with Gasteiger partial charge in [-0.05, 0) is 40.2 Å². The molecule has 1 heterocycles. The van der Waals surface area contributed by atoms with Crippen molar-refractivity contribution in [3.8, 4) is 0 Å². The van der Waals surface area contributed by atoms with Gasteiger partial charge in [-0.3, -0.25) is 4.79 Å². The monoisotopic (exact) mass is 349 g/mol. The zero-order chi connectivity index (χ0) is 14.0. The van der Waals surface area contributed by atoms with E-state index in [-0.39, 0.29) is 5.69 Å². The van der Waals surface area contributed by atoms with Gasteiger partial charge in [-0.15, -0.1) is 11.3 Å². The van der Waals surface area contributed by atoms with Crippen molar-refractivity contribution in [3.05, 3.63) is 50.6 Å². The van der Waals surface area contributed by atoms with E-state index < -0.39 is 17.6 Å². The lowest BCUT2D eigenvalue weighted by Gasteiger charge is -2.09. The molecule has 0 bridgehead atoms. The van der Waals surface area contributed by atoms with Crippen LogP contribution in [0.1, 0.15) is 15.9 Å². The molecule has 0 atom stereocenters. The van der Waals surface area contributed by atoms with Gasteiger partial charge in [0.25, 0.3) is 5.91 Å². The van der Waals surface area contributed by atoms with Gasteiger partial charge in [0.05, 0.1) is 14.9 Å². The number of carbonyl (C=O) groups excluding carboxylic acids is 1. The third-order valence-electron chi connectivity index (χ3n) is 2.28. The van der Waals surface area contributed by atoms with Crippen LogP contribution in [-0.2, 0) is 6.18 Å². The first-order valence-corrected chi connectivity index (χ1v) is 6.76. The first-order valence-electron chi connectivity index (χ1n) is 5.09. The normalized spacial score (nSPS) is 11.4. The van der Waals surface area contributed by atoms with Crippen molar-refractivity contribution in [3.63, 3.8) is 0 Å². The molecule has 0 saturated carbocycles. The van der Waals surface area contributed by atoms with Gasteiger partial charge >= 0.3 is 6.18 Å². The summed E-state index contributed by atoms with van der Waals surface area (Å²) in [5.41, 5.74) is -0.284. The summed E-state index contributed by atoms with van der Waals surface area (Å²) < 4.78 is 38.3. The Morgan fingerprint density at radius 1 is 1.26 bits per heavy atom. The predicted octanol–water partition coefficient (Wildman–Crippen LogP) is 4.78. The van der Waals surface area contributed by atoms with E-state index >= 15 is 0 Å². The second kappa shape index (κ2) is 5.34. The van der Waals surface area contributed by atoms with Gasteiger partial charge < -0.3 is 5.32 Å². The van der Waals surface area contributed by atoms with Crippen LogP contribution in [0.4, 0.5) is 18.9 Å². The van der Waals surface area contributed by atoms with Crippen molar-refractivity contribution in [2.45, 2.75) is 6.18 Å². The maximum absolute atomic E-state index is 12.5. The standard InChI is InChI=1S/C12H7BrF3NOS/c13-10-4-7(6-19-10)11(18)17-9-3-1-2-8(5-9)12(14,15)16/h1-6H,(H,17,18). The van der Waals surface area contributed by atoms with E-state index in [1.54, 1.807) is 11.4 Å². The molecule has 2 nitrogen and oxygen atoms in total. The Balaban J connectivity index is 2.18. The molecule has 7 heteroatoms. The number of alkyl halides is 3. The Bertz CT molecular complexity index is 609. The van der Waals surface area contributed by atoms with Crippen LogP contribution in [-0.4, -0.2) is 5.91 Å². The minimum Gasteiger partial charge on any atom is -0.322 e. The van der Waals surface area contributed by atoms with Crippen molar-refractivity contribution in [1.29, 1.82) is 0 Å². The van der Waals surface area contributed by atoms with Gasteiger partial charge in [-0.25, -0.2) is 0 Å². The second-order valence-electron chi connectivity index (χ2n) is 3.67. The first kappa shape index (κ1) is 14.1. The summed E-state index contributed by atoms with van der Waals surface area (Å²) in [4.78, 5) is 11.8. The number of amides is 1. The highest BCUT2D eigenvalue weighted by Gasteiger charge is 2.30. The van der Waals surface area contributed by atoms with Crippen LogP contribution in [0.3, 0.4) is 0 Å². The maximum atomic E-state index is 12.5. The lowest BCUT2D eigenvalue weighted by atomic mass is 10.2. The summed E-state index contributed by atoms with van der Waals surface area (Å²) >= 11 is 4.54. The smallest absolute Gasteiger partial charge is 0.322 e. The number of rotatable bonds is 2. The number of hydrogen-bond donors (Lipinski definition) is 1. The molecule has 0 aliphatic rings. The molecule has 100 valence electrons. The average molecular weight is 350 g/mol. The third kappa shape index (κ3) is 3.57. The van der Waals surface area contributed by atoms with Crippen molar-refractivity contribution >= 4 is 38.9 Å². The van der Waals surface area contributed by atoms with Crippen molar-refractivity contribution in [2.24, 2.45) is 0 Å². The number of benzene rings is 1. The topological polar surface area (TPSA) is 29.1 Å². The summed E-state index contributed by atoms with van der Waals surface area (Å²) in [7, 11) is 0. The lowest BCUT2D eigenvalue weighted by molar-refractivity contribution is -0.137. The van der Waals surface area contributed by atoms with E-state index in [0.717, 1.165) is 15.9 Å². The molecule has 0 saturated heterocycles. The third-order valence-corrected chi connectivity index (χ3v) is 3.78. The fourth-order valence-electron chi connectivity index (χ4n) is 1.41. The van der Waals surface area contributed by atoms with Gasteiger partial charge in [-0.1, -0.05) is 6.07 Å². The van der Waals surface area contributed by atoms with Crippen LogP contribution >= 0.6 is 27.3 Å². The van der Waals surface area contributed by atoms with E-state index in [1.807, 2.05) is 0 Å². The van der Waals surface area contributed by atoms with Crippen LogP contribution in [0.5, 0.6) is 0 Å². The van der Waals surface area contributed by atoms with Gasteiger partial charge in [0, 0.05) is 11.1 Å². The van der Waals surface area contributed by atoms with E-state index in [1.165, 1.54) is 23.5 Å². The highest BCUT2D eigenvalue weighted by atomic mass is 79.9. The highest BCUT2D eigenvalue weighted by molar-refractivity contribution is 9.11. The zero-order valence-electron chi connectivity index (χ0n) is 9.29. The summed E-state index contributed by atoms with van der Waals surface area (Å²) in [6, 6.07) is 6.13. The molecule has 0 unspecified atom stereocenters. The number of anilines is 1. The maximum Gasteiger partial charge on any atom is 0.416 e. The summed E-state index contributed by atoms with van der Waals surface area (Å²) in [5, 5.41) is 4.05. The molecule has 1 N–H and O–H groups in total. The Morgan fingerprint density at radius 3 is 2.58 bits per heavy atom. The SMILES string of the molecule is O=C(Nc1cccc(C(F)(F)F)c1)c1csc(Br)c1. The molecule has 0 spiro atoms. The highest BCUT2D eigenvalue weighted by Crippen LogP contribution is 2.31. The minimum atomic E-state index is -4.42. The summed E-state index contributed by atoms with van der Waals surface area (Å²) in [6.45, 7) is 0. The quantitative estimate of drug-likeness (QED) is 0.830. The molecule has 2 aromatic rings. The van der Waals surface area contributed by atoms with Crippen LogP contribution in [0.25, 0.3) is 0 Å². The van der Waals surface area contributed by atoms with Gasteiger partial charge in [0.2, 0.25) is 0 Å². The molecule has 1 aromatic heterocycles. The van der Waals surface area contributed by atoms with E-state index in [4.69, 9.17) is 0 Å². The Hall–Kier alpha value is -1.34. The number of halogens is 4. The molecule has 0 fully saturated rings. The van der Waals surface area contributed by atoms with Crippen molar-refractivity contribution < 1.29 is 18.0 Å². The molecule has 0 aliphatic carbocycles. The molecular formula is C12H7BrF3NOS. The minimum absolute atomic E-state index is 0.113. The second-order valence-corrected chi connectivity index (χ2v) is 5.96. The van der Waals surface area contributed by atoms with Crippen molar-refractivity contribution in [2.75, 3.05) is 5.32 Å². The summed E-state index contributed by atoms with van der Waals surface area (Å²) in [5.74, 6) is -0.443. The molecule has 0 aliphatic heterocycles. The lowest BCUT2D eigenvalue weighted by Crippen LogP contribution is -2.12. The number of thiophene rings is 1. The largest absolute Gasteiger partial charge is 0.416 e. The average Bonchev–Trinajstić information content (AvgIpc) is 2.75. The number of hydrogen-bond acceptors (Lipinski definition) is 2. The van der Waals surface area contributed by atoms with Crippen LogP contribution < -0.4 is 5.32 Å². The van der Waals surface area contributed by atoms with Gasteiger partial charge in [0.15, 0.2) is 0 Å². The first-order chi connectivity index (χ1) is 8.86. The summed E-state index contributed by atoms with van der Waals surface area (Å²) in [6.07, 6.45) is -4.42. The van der Waals surface area contributed by atoms with Crippen LogP contribution in [0, 0.1) is 0 Å². The van der Waals surface area contributed by atoms with Crippen LogP contribution in [0.15, 0.2) is 39.5 Å². The number of carbonyl (C=O) groups is 1. The van der Waals surface area contributed by atoms with Crippen molar-refractivity contribution in [1.82, 2.24) is 0 Å².